The van der Waals surface area contributed by atoms with E-state index in [1.54, 1.807) is 0 Å². The van der Waals surface area contributed by atoms with Crippen LogP contribution >= 0.6 is 0 Å². The third-order valence-corrected chi connectivity index (χ3v) is 15.4. The van der Waals surface area contributed by atoms with E-state index in [4.69, 9.17) is 0 Å². The molecule has 0 radical (unpaired) electrons. The highest BCUT2D eigenvalue weighted by Crippen LogP contribution is 2.64. The molecule has 0 saturated carbocycles. The Labute approximate surface area is 394 Å². The molecule has 314 valence electrons. The molecular formula is C67H41N. The largest absolute Gasteiger partial charge is 0.310 e. The Hall–Kier alpha value is -8.78. The SMILES string of the molecule is c1ccc(-c2cc3c(cc2N(c2ccc4c5ccccc5c5ccccc5c4c2)c2ccc4c5ccccc5c5ccccc5c4c2)C2(c4ccccc4-c4ccccc42)c2ccccc2-3)cc1. The number of nitrogens with zero attached hydrogens (tertiary/aromatic N) is 1. The van der Waals surface area contributed by atoms with E-state index in [0.717, 1.165) is 17.1 Å². The first-order valence-electron chi connectivity index (χ1n) is 23.8. The van der Waals surface area contributed by atoms with Gasteiger partial charge in [-0.05, 0) is 151 Å². The zero-order valence-corrected chi connectivity index (χ0v) is 37.1. The summed E-state index contributed by atoms with van der Waals surface area (Å²) in [5.41, 5.74) is 15.7. The first-order valence-corrected chi connectivity index (χ1v) is 23.8. The van der Waals surface area contributed by atoms with Gasteiger partial charge in [0.1, 0.15) is 0 Å². The van der Waals surface area contributed by atoms with Crippen LogP contribution in [0, 0.1) is 0 Å². The lowest BCUT2D eigenvalue weighted by atomic mass is 9.70. The van der Waals surface area contributed by atoms with Crippen molar-refractivity contribution in [3.63, 3.8) is 0 Å². The highest BCUT2D eigenvalue weighted by atomic mass is 15.1. The summed E-state index contributed by atoms with van der Waals surface area (Å²) in [5.74, 6) is 0. The quantitative estimate of drug-likeness (QED) is 0.159. The van der Waals surface area contributed by atoms with Crippen molar-refractivity contribution in [2.75, 3.05) is 4.90 Å². The van der Waals surface area contributed by atoms with Crippen molar-refractivity contribution >= 4 is 81.7 Å². The van der Waals surface area contributed by atoms with Crippen molar-refractivity contribution in [1.82, 2.24) is 0 Å². The van der Waals surface area contributed by atoms with E-state index in [9.17, 15) is 0 Å². The van der Waals surface area contributed by atoms with Crippen molar-refractivity contribution in [2.24, 2.45) is 0 Å². The van der Waals surface area contributed by atoms with Gasteiger partial charge in [-0.1, -0.05) is 212 Å². The van der Waals surface area contributed by atoms with Crippen molar-refractivity contribution < 1.29 is 0 Å². The number of fused-ring (bicyclic) bond motifs is 22. The first-order chi connectivity index (χ1) is 33.8. The van der Waals surface area contributed by atoms with Crippen LogP contribution in [-0.2, 0) is 5.41 Å². The molecule has 13 aromatic carbocycles. The molecule has 1 spiro atoms. The smallest absolute Gasteiger partial charge is 0.0726 e. The summed E-state index contributed by atoms with van der Waals surface area (Å²) in [6.45, 7) is 0. The van der Waals surface area contributed by atoms with Gasteiger partial charge in [0.2, 0.25) is 0 Å². The van der Waals surface area contributed by atoms with Gasteiger partial charge in [0.25, 0.3) is 0 Å². The molecule has 0 aromatic heterocycles. The minimum atomic E-state index is -0.508. The first kappa shape index (κ1) is 37.4. The van der Waals surface area contributed by atoms with Gasteiger partial charge in [0.05, 0.1) is 11.1 Å². The highest BCUT2D eigenvalue weighted by Gasteiger charge is 2.52. The molecule has 68 heavy (non-hydrogen) atoms. The number of rotatable bonds is 4. The summed E-state index contributed by atoms with van der Waals surface area (Å²) in [7, 11) is 0. The van der Waals surface area contributed by atoms with Gasteiger partial charge in [-0.25, -0.2) is 0 Å². The van der Waals surface area contributed by atoms with E-state index in [1.165, 1.54) is 120 Å². The minimum Gasteiger partial charge on any atom is -0.310 e. The second-order valence-electron chi connectivity index (χ2n) is 18.6. The van der Waals surface area contributed by atoms with E-state index in [2.05, 4.69) is 254 Å². The molecule has 0 fully saturated rings. The normalized spacial score (nSPS) is 13.1. The zero-order chi connectivity index (χ0) is 44.5. The molecule has 0 heterocycles. The van der Waals surface area contributed by atoms with Crippen LogP contribution < -0.4 is 4.90 Å². The maximum Gasteiger partial charge on any atom is 0.0726 e. The molecule has 2 aliphatic carbocycles. The van der Waals surface area contributed by atoms with Gasteiger partial charge in [-0.3, -0.25) is 0 Å². The molecular weight excluding hydrogens is 819 g/mol. The van der Waals surface area contributed by atoms with Crippen molar-refractivity contribution in [1.29, 1.82) is 0 Å². The monoisotopic (exact) mass is 859 g/mol. The lowest BCUT2D eigenvalue weighted by Gasteiger charge is -2.33. The maximum absolute atomic E-state index is 2.57. The van der Waals surface area contributed by atoms with Crippen LogP contribution in [0.3, 0.4) is 0 Å². The topological polar surface area (TPSA) is 3.24 Å². The zero-order valence-electron chi connectivity index (χ0n) is 37.1. The van der Waals surface area contributed by atoms with Crippen LogP contribution in [0.5, 0.6) is 0 Å². The van der Waals surface area contributed by atoms with Crippen LogP contribution in [0.15, 0.2) is 249 Å². The Morgan fingerprint density at radius 1 is 0.221 bits per heavy atom. The van der Waals surface area contributed by atoms with Gasteiger partial charge in [-0.2, -0.15) is 0 Å². The fourth-order valence-electron chi connectivity index (χ4n) is 12.7. The third-order valence-electron chi connectivity index (χ3n) is 15.4. The van der Waals surface area contributed by atoms with Crippen molar-refractivity contribution in [2.45, 2.75) is 5.41 Å². The van der Waals surface area contributed by atoms with Gasteiger partial charge in [-0.15, -0.1) is 0 Å². The van der Waals surface area contributed by atoms with Crippen molar-refractivity contribution in [3.05, 3.63) is 271 Å². The molecule has 15 rings (SSSR count). The fourth-order valence-corrected chi connectivity index (χ4v) is 12.7. The second-order valence-corrected chi connectivity index (χ2v) is 18.6. The average Bonchev–Trinajstić information content (AvgIpc) is 3.88. The molecule has 0 atom stereocenters. The Morgan fingerprint density at radius 2 is 0.559 bits per heavy atom. The predicted octanol–water partition coefficient (Wildman–Crippen LogP) is 18.1. The highest BCUT2D eigenvalue weighted by molar-refractivity contribution is 6.27. The maximum atomic E-state index is 2.57. The molecule has 0 amide bonds. The molecule has 0 unspecified atom stereocenters. The summed E-state index contributed by atoms with van der Waals surface area (Å²) in [6, 6.07) is 93.5. The summed E-state index contributed by atoms with van der Waals surface area (Å²) in [6.07, 6.45) is 0. The second kappa shape index (κ2) is 14.1. The Morgan fingerprint density at radius 3 is 0.985 bits per heavy atom. The van der Waals surface area contributed by atoms with Gasteiger partial charge >= 0.3 is 0 Å². The fraction of sp³-hybridized carbons (Fsp3) is 0.0149. The van der Waals surface area contributed by atoms with Crippen LogP contribution in [0.25, 0.3) is 98.0 Å². The number of hydrogen-bond donors (Lipinski definition) is 0. The average molecular weight is 860 g/mol. The van der Waals surface area contributed by atoms with Crippen LogP contribution in [-0.4, -0.2) is 0 Å². The number of anilines is 3. The third kappa shape index (κ3) is 5.00. The molecule has 1 nitrogen and oxygen atoms in total. The summed E-state index contributed by atoms with van der Waals surface area (Å²) in [5, 5.41) is 15.1. The molecule has 0 bridgehead atoms. The van der Waals surface area contributed by atoms with Gasteiger partial charge in [0.15, 0.2) is 0 Å². The van der Waals surface area contributed by atoms with E-state index in [1.807, 2.05) is 0 Å². The molecule has 0 aliphatic heterocycles. The predicted molar refractivity (Wildman–Crippen MR) is 288 cm³/mol. The lowest BCUT2D eigenvalue weighted by molar-refractivity contribution is 0.794. The summed E-state index contributed by atoms with van der Waals surface area (Å²) in [4.78, 5) is 2.57. The van der Waals surface area contributed by atoms with E-state index in [-0.39, 0.29) is 0 Å². The Balaban J connectivity index is 1.10. The molecule has 1 heteroatoms. The molecule has 13 aromatic rings. The standard InChI is InChI=1S/C67H41N/c1-2-18-42(19-3-1)58-40-61-57-30-14-17-33-64(57)67(62-31-15-12-28-55(62)56-29-13-16-32-63(56)67)65(61)41-66(58)68(43-34-36-53-49-24-6-4-20-45(49)47-22-8-10-26-51(47)59(53)38-43)44-35-37-54-50-25-7-5-21-46(50)48-23-9-11-27-52(48)60(54)39-44/h1-41H. The molecule has 0 N–H and O–H groups in total. The van der Waals surface area contributed by atoms with Gasteiger partial charge in [0, 0.05) is 16.9 Å². The minimum absolute atomic E-state index is 0.508. The summed E-state index contributed by atoms with van der Waals surface area (Å²) >= 11 is 0. The Bertz CT molecular complexity index is 4000. The van der Waals surface area contributed by atoms with Crippen molar-refractivity contribution in [3.8, 4) is 33.4 Å². The Kier molecular flexibility index (Phi) is 7.77. The van der Waals surface area contributed by atoms with Crippen LogP contribution in [0.1, 0.15) is 22.3 Å². The number of hydrogen-bond acceptors (Lipinski definition) is 1. The van der Waals surface area contributed by atoms with E-state index in [0.29, 0.717) is 0 Å². The molecule has 0 saturated heterocycles. The van der Waals surface area contributed by atoms with E-state index < -0.39 is 5.41 Å². The number of benzene rings is 13. The van der Waals surface area contributed by atoms with E-state index >= 15 is 0 Å². The van der Waals surface area contributed by atoms with Crippen LogP contribution in [0.4, 0.5) is 17.1 Å². The summed E-state index contributed by atoms with van der Waals surface area (Å²) < 4.78 is 0. The van der Waals surface area contributed by atoms with Crippen LogP contribution in [0.2, 0.25) is 0 Å². The van der Waals surface area contributed by atoms with Gasteiger partial charge < -0.3 is 4.90 Å². The molecule has 2 aliphatic rings. The lowest BCUT2D eigenvalue weighted by Crippen LogP contribution is -2.26.